The molecule has 0 rings (SSSR count). The van der Waals surface area contributed by atoms with E-state index in [-0.39, 0.29) is 18.5 Å². The van der Waals surface area contributed by atoms with Gasteiger partial charge in [-0.1, -0.05) is 160 Å². The Morgan fingerprint density at radius 1 is 0.529 bits per heavy atom. The first-order valence-electron chi connectivity index (χ1n) is 22.1. The first kappa shape index (κ1) is 49.3. The average Bonchev–Trinajstić information content (AvgIpc) is 3.13. The number of amides is 1. The number of aliphatic hydroxyl groups is 2. The number of aliphatic hydroxyl groups excluding tert-OH is 2. The van der Waals surface area contributed by atoms with E-state index < -0.39 is 12.1 Å². The van der Waals surface area contributed by atoms with Gasteiger partial charge in [0, 0.05) is 12.8 Å². The smallest absolute Gasteiger partial charge is 0.305 e. The summed E-state index contributed by atoms with van der Waals surface area (Å²) in [7, 11) is 0. The molecule has 0 bridgehead atoms. The van der Waals surface area contributed by atoms with Crippen molar-refractivity contribution in [3.05, 3.63) is 24.3 Å². The highest BCUT2D eigenvalue weighted by atomic mass is 16.5. The molecule has 0 aliphatic rings. The van der Waals surface area contributed by atoms with Gasteiger partial charge in [0.15, 0.2) is 0 Å². The number of esters is 1. The van der Waals surface area contributed by atoms with Gasteiger partial charge in [-0.25, -0.2) is 0 Å². The fourth-order valence-corrected chi connectivity index (χ4v) is 6.51. The lowest BCUT2D eigenvalue weighted by Gasteiger charge is -2.22. The third kappa shape index (κ3) is 37.9. The van der Waals surface area contributed by atoms with Crippen molar-refractivity contribution in [1.29, 1.82) is 0 Å². The molecule has 2 atom stereocenters. The molecule has 0 aromatic heterocycles. The fourth-order valence-electron chi connectivity index (χ4n) is 6.51. The van der Waals surface area contributed by atoms with Crippen LogP contribution in [0.3, 0.4) is 0 Å². The predicted molar refractivity (Wildman–Crippen MR) is 218 cm³/mol. The molecule has 0 saturated heterocycles. The zero-order valence-electron chi connectivity index (χ0n) is 33.8. The SMILES string of the molecule is CCCCC/C=C\CCCCCCCC(=O)OCCCC/C=C\CCCCCCCC(=O)NC(CO)C(O)CCCCCCCCCCCCC. The maximum absolute atomic E-state index is 12.4. The predicted octanol–water partition coefficient (Wildman–Crippen LogP) is 12.4. The second-order valence-corrected chi connectivity index (χ2v) is 15.0. The molecular weight excluding hydrogens is 634 g/mol. The van der Waals surface area contributed by atoms with E-state index >= 15 is 0 Å². The van der Waals surface area contributed by atoms with Gasteiger partial charge in [-0.3, -0.25) is 9.59 Å². The van der Waals surface area contributed by atoms with Gasteiger partial charge in [-0.15, -0.1) is 0 Å². The molecule has 0 fully saturated rings. The Morgan fingerprint density at radius 3 is 1.43 bits per heavy atom. The molecule has 6 nitrogen and oxygen atoms in total. The van der Waals surface area contributed by atoms with Crippen molar-refractivity contribution in [3.63, 3.8) is 0 Å². The number of allylic oxidation sites excluding steroid dienone is 4. The van der Waals surface area contributed by atoms with Gasteiger partial charge in [-0.05, 0) is 77.0 Å². The van der Waals surface area contributed by atoms with E-state index in [1.54, 1.807) is 0 Å². The van der Waals surface area contributed by atoms with Crippen molar-refractivity contribution in [1.82, 2.24) is 5.32 Å². The lowest BCUT2D eigenvalue weighted by molar-refractivity contribution is -0.143. The van der Waals surface area contributed by atoms with Gasteiger partial charge in [0.25, 0.3) is 0 Å². The van der Waals surface area contributed by atoms with Crippen LogP contribution < -0.4 is 5.32 Å². The van der Waals surface area contributed by atoms with Crippen LogP contribution in [-0.2, 0) is 14.3 Å². The normalized spacial score (nSPS) is 12.9. The molecule has 0 aliphatic carbocycles. The molecule has 0 spiro atoms. The number of hydrogen-bond acceptors (Lipinski definition) is 5. The van der Waals surface area contributed by atoms with E-state index in [0.717, 1.165) is 83.5 Å². The molecule has 51 heavy (non-hydrogen) atoms. The van der Waals surface area contributed by atoms with E-state index in [2.05, 4.69) is 43.5 Å². The van der Waals surface area contributed by atoms with Gasteiger partial charge in [0.2, 0.25) is 5.91 Å². The highest BCUT2D eigenvalue weighted by molar-refractivity contribution is 5.76. The van der Waals surface area contributed by atoms with Crippen LogP contribution in [-0.4, -0.2) is 47.4 Å². The van der Waals surface area contributed by atoms with Crippen LogP contribution in [0, 0.1) is 0 Å². The van der Waals surface area contributed by atoms with Crippen LogP contribution in [0.5, 0.6) is 0 Å². The molecule has 0 radical (unpaired) electrons. The van der Waals surface area contributed by atoms with Gasteiger partial charge in [0.1, 0.15) is 0 Å². The summed E-state index contributed by atoms with van der Waals surface area (Å²) in [4.78, 5) is 24.3. The maximum Gasteiger partial charge on any atom is 0.305 e. The van der Waals surface area contributed by atoms with Crippen LogP contribution in [0.4, 0.5) is 0 Å². The van der Waals surface area contributed by atoms with Gasteiger partial charge >= 0.3 is 5.97 Å². The molecule has 6 heteroatoms. The molecule has 0 saturated carbocycles. The Hall–Kier alpha value is -1.66. The molecule has 0 heterocycles. The van der Waals surface area contributed by atoms with Gasteiger partial charge < -0.3 is 20.3 Å². The van der Waals surface area contributed by atoms with E-state index in [1.807, 2.05) is 0 Å². The average molecular weight is 720 g/mol. The van der Waals surface area contributed by atoms with Crippen LogP contribution in [0.1, 0.15) is 226 Å². The number of nitrogens with one attached hydrogen (secondary N) is 1. The van der Waals surface area contributed by atoms with E-state index in [1.165, 1.54) is 109 Å². The minimum Gasteiger partial charge on any atom is -0.466 e. The fraction of sp³-hybridized carbons (Fsp3) is 0.867. The molecular formula is C45H85NO5. The van der Waals surface area contributed by atoms with Crippen LogP contribution >= 0.6 is 0 Å². The van der Waals surface area contributed by atoms with Crippen LogP contribution in [0.15, 0.2) is 24.3 Å². The summed E-state index contributed by atoms with van der Waals surface area (Å²) in [5, 5.41) is 23.0. The van der Waals surface area contributed by atoms with Crippen molar-refractivity contribution < 1.29 is 24.5 Å². The van der Waals surface area contributed by atoms with Gasteiger partial charge in [-0.2, -0.15) is 0 Å². The Kier molecular flexibility index (Phi) is 39.8. The summed E-state index contributed by atoms with van der Waals surface area (Å²) in [5.41, 5.74) is 0. The van der Waals surface area contributed by atoms with Crippen molar-refractivity contribution in [2.45, 2.75) is 238 Å². The zero-order chi connectivity index (χ0) is 37.3. The highest BCUT2D eigenvalue weighted by Crippen LogP contribution is 2.14. The van der Waals surface area contributed by atoms with Crippen LogP contribution in [0.25, 0.3) is 0 Å². The first-order chi connectivity index (χ1) is 25.0. The third-order valence-electron chi connectivity index (χ3n) is 9.97. The molecule has 3 N–H and O–H groups in total. The third-order valence-corrected chi connectivity index (χ3v) is 9.97. The Bertz CT molecular complexity index is 797. The first-order valence-corrected chi connectivity index (χ1v) is 22.1. The molecule has 0 aliphatic heterocycles. The maximum atomic E-state index is 12.4. The number of carbonyl (C=O) groups excluding carboxylic acids is 2. The summed E-state index contributed by atoms with van der Waals surface area (Å²) >= 11 is 0. The minimum absolute atomic E-state index is 0.0423. The molecule has 300 valence electrons. The topological polar surface area (TPSA) is 95.9 Å². The van der Waals surface area contributed by atoms with E-state index in [4.69, 9.17) is 4.74 Å². The largest absolute Gasteiger partial charge is 0.466 e. The minimum atomic E-state index is -0.680. The Morgan fingerprint density at radius 2 is 0.922 bits per heavy atom. The standard InChI is InChI=1S/C45H85NO5/c1-3-5-7-9-11-13-15-19-23-27-31-35-39-45(50)51-40-36-32-28-24-20-16-18-22-26-30-34-38-44(49)46-42(41-47)43(48)37-33-29-25-21-17-14-12-10-8-6-4-2/h11,13,20,24,42-43,47-48H,3-10,12,14-19,21-23,25-41H2,1-2H3,(H,46,49)/b13-11-,24-20-. The number of ether oxygens (including phenoxy) is 1. The van der Waals surface area contributed by atoms with E-state index in [9.17, 15) is 19.8 Å². The summed E-state index contributed by atoms with van der Waals surface area (Å²) in [6.45, 7) is 4.82. The Balaban J connectivity index is 3.54. The molecule has 2 unspecified atom stereocenters. The number of rotatable bonds is 40. The number of hydrogen-bond donors (Lipinski definition) is 3. The zero-order valence-corrected chi connectivity index (χ0v) is 33.8. The quantitative estimate of drug-likeness (QED) is 0.0333. The molecule has 1 amide bonds. The lowest BCUT2D eigenvalue weighted by atomic mass is 10.0. The highest BCUT2D eigenvalue weighted by Gasteiger charge is 2.20. The van der Waals surface area contributed by atoms with Crippen molar-refractivity contribution in [2.24, 2.45) is 0 Å². The monoisotopic (exact) mass is 720 g/mol. The van der Waals surface area contributed by atoms with Crippen LogP contribution in [0.2, 0.25) is 0 Å². The summed E-state index contributed by atoms with van der Waals surface area (Å²) in [6.07, 6.45) is 45.6. The second kappa shape index (κ2) is 41.1. The number of carbonyl (C=O) groups is 2. The summed E-state index contributed by atoms with van der Waals surface area (Å²) < 4.78 is 5.40. The van der Waals surface area contributed by atoms with Crippen molar-refractivity contribution in [3.8, 4) is 0 Å². The van der Waals surface area contributed by atoms with Gasteiger partial charge in [0.05, 0.1) is 25.4 Å². The Labute approximate surface area is 316 Å². The van der Waals surface area contributed by atoms with Crippen molar-refractivity contribution >= 4 is 11.9 Å². The van der Waals surface area contributed by atoms with Crippen molar-refractivity contribution in [2.75, 3.05) is 13.2 Å². The summed E-state index contributed by atoms with van der Waals surface area (Å²) in [6, 6.07) is -0.560. The van der Waals surface area contributed by atoms with E-state index in [0.29, 0.717) is 25.9 Å². The second-order valence-electron chi connectivity index (χ2n) is 15.0. The molecule has 0 aromatic carbocycles. The number of unbranched alkanes of at least 4 members (excludes halogenated alkanes) is 25. The molecule has 0 aromatic rings. The summed E-state index contributed by atoms with van der Waals surface area (Å²) in [5.74, 6) is -0.109. The lowest BCUT2D eigenvalue weighted by Crippen LogP contribution is -2.45.